The van der Waals surface area contributed by atoms with Gasteiger partial charge in [-0.05, 0) is 61.0 Å². The van der Waals surface area contributed by atoms with Gasteiger partial charge in [0.15, 0.2) is 5.78 Å². The first kappa shape index (κ1) is 18.3. The minimum Gasteiger partial charge on any atom is -0.491 e. The van der Waals surface area contributed by atoms with Crippen LogP contribution < -0.4 is 9.47 Å². The minimum absolute atomic E-state index is 0.0290. The lowest BCUT2D eigenvalue weighted by Gasteiger charge is -2.09. The normalized spacial score (nSPS) is 17.8. The maximum absolute atomic E-state index is 12.7. The zero-order valence-corrected chi connectivity index (χ0v) is 15.8. The Hall–Kier alpha value is -3.11. The Balaban J connectivity index is 1.34. The molecule has 142 valence electrons. The van der Waals surface area contributed by atoms with Crippen LogP contribution >= 0.6 is 0 Å². The highest BCUT2D eigenvalue weighted by Gasteiger charge is 2.40. The molecule has 0 radical (unpaired) electrons. The topological polar surface area (TPSA) is 48.1 Å². The first-order valence-corrected chi connectivity index (χ1v) is 9.30. The average molecular weight is 374 g/mol. The molecule has 1 heterocycles. The third-order valence-corrected chi connectivity index (χ3v) is 4.66. The van der Waals surface area contributed by atoms with E-state index >= 15 is 0 Å². The molecule has 0 N–H and O–H groups in total. The summed E-state index contributed by atoms with van der Waals surface area (Å²) in [6.45, 7) is 3.76. The highest BCUT2D eigenvalue weighted by Crippen LogP contribution is 2.27. The van der Waals surface area contributed by atoms with Crippen LogP contribution in [0.1, 0.15) is 28.4 Å². The fraction of sp³-hybridized carbons (Fsp3) is 0.208. The molecule has 1 unspecified atom stereocenters. The number of hydrogen-bond donors (Lipinski definition) is 0. The van der Waals surface area contributed by atoms with Gasteiger partial charge in [-0.3, -0.25) is 4.79 Å². The van der Waals surface area contributed by atoms with Crippen LogP contribution in [0.4, 0.5) is 0 Å². The largest absolute Gasteiger partial charge is 0.491 e. The van der Waals surface area contributed by atoms with Crippen molar-refractivity contribution in [3.8, 4) is 11.5 Å². The molecule has 0 spiro atoms. The summed E-state index contributed by atoms with van der Waals surface area (Å²) in [5, 5.41) is 0. The zero-order valence-electron chi connectivity index (χ0n) is 15.8. The maximum atomic E-state index is 12.7. The van der Waals surface area contributed by atoms with Gasteiger partial charge in [0.1, 0.15) is 30.3 Å². The number of hydrogen-bond acceptors (Lipinski definition) is 4. The average Bonchev–Trinajstić information content (AvgIpc) is 3.49. The molecule has 0 amide bonds. The van der Waals surface area contributed by atoms with Crippen LogP contribution in [0.5, 0.6) is 11.5 Å². The molecule has 1 aliphatic rings. The second kappa shape index (κ2) is 7.87. The van der Waals surface area contributed by atoms with Gasteiger partial charge in [-0.2, -0.15) is 0 Å². The van der Waals surface area contributed by atoms with E-state index in [0.29, 0.717) is 24.3 Å². The van der Waals surface area contributed by atoms with Gasteiger partial charge in [0, 0.05) is 11.1 Å². The summed E-state index contributed by atoms with van der Waals surface area (Å²) >= 11 is 0. The van der Waals surface area contributed by atoms with Crippen LogP contribution in [0.2, 0.25) is 0 Å². The van der Waals surface area contributed by atoms with Crippen molar-refractivity contribution >= 4 is 5.78 Å². The Morgan fingerprint density at radius 2 is 1.39 bits per heavy atom. The monoisotopic (exact) mass is 374 g/mol. The van der Waals surface area contributed by atoms with Crippen LogP contribution in [0.3, 0.4) is 0 Å². The second-order valence-electron chi connectivity index (χ2n) is 7.18. The van der Waals surface area contributed by atoms with Gasteiger partial charge >= 0.3 is 0 Å². The number of ketones is 1. The molecule has 3 aromatic rings. The lowest BCUT2D eigenvalue weighted by molar-refractivity contribution is 0.103. The van der Waals surface area contributed by atoms with Crippen molar-refractivity contribution < 1.29 is 19.0 Å². The molecule has 3 aromatic carbocycles. The van der Waals surface area contributed by atoms with E-state index in [-0.39, 0.29) is 11.4 Å². The molecule has 0 aliphatic carbocycles. The van der Waals surface area contributed by atoms with Crippen molar-refractivity contribution in [3.05, 3.63) is 95.6 Å². The Kier molecular flexibility index (Phi) is 5.13. The Morgan fingerprint density at radius 1 is 0.857 bits per heavy atom. The van der Waals surface area contributed by atoms with Crippen molar-refractivity contribution in [2.45, 2.75) is 19.1 Å². The lowest BCUT2D eigenvalue weighted by atomic mass is 10.0. The lowest BCUT2D eigenvalue weighted by Crippen LogP contribution is -2.16. The standard InChI is InChI=1S/C24H22O4/c1-24(17-28-24)16-27-22-13-9-20(10-14-22)23(25)19-7-11-21(12-8-19)26-15-18-5-3-2-4-6-18/h2-14H,15-17H2,1H3. The third-order valence-electron chi connectivity index (χ3n) is 4.66. The molecule has 4 heteroatoms. The smallest absolute Gasteiger partial charge is 0.193 e. The highest BCUT2D eigenvalue weighted by atomic mass is 16.6. The van der Waals surface area contributed by atoms with Gasteiger partial charge in [-0.25, -0.2) is 0 Å². The Labute approximate surface area is 164 Å². The van der Waals surface area contributed by atoms with Crippen molar-refractivity contribution in [1.82, 2.24) is 0 Å². The summed E-state index contributed by atoms with van der Waals surface area (Å²) in [7, 11) is 0. The molecule has 0 bridgehead atoms. The summed E-state index contributed by atoms with van der Waals surface area (Å²) in [4.78, 5) is 12.7. The Bertz CT molecular complexity index is 927. The third kappa shape index (κ3) is 4.59. The van der Waals surface area contributed by atoms with Crippen LogP contribution in [-0.2, 0) is 11.3 Å². The quantitative estimate of drug-likeness (QED) is 0.425. The van der Waals surface area contributed by atoms with Gasteiger partial charge in [0.25, 0.3) is 0 Å². The minimum atomic E-state index is -0.154. The van der Waals surface area contributed by atoms with Crippen molar-refractivity contribution in [2.24, 2.45) is 0 Å². The number of rotatable bonds is 8. The SMILES string of the molecule is CC1(COc2ccc(C(=O)c3ccc(OCc4ccccc4)cc3)cc2)CO1. The number of ether oxygens (including phenoxy) is 3. The van der Waals surface area contributed by atoms with Gasteiger partial charge < -0.3 is 14.2 Å². The van der Waals surface area contributed by atoms with Crippen molar-refractivity contribution in [1.29, 1.82) is 0 Å². The first-order valence-electron chi connectivity index (χ1n) is 9.30. The first-order chi connectivity index (χ1) is 13.6. The molecule has 1 saturated heterocycles. The molecule has 4 nitrogen and oxygen atoms in total. The van der Waals surface area contributed by atoms with Crippen LogP contribution in [0, 0.1) is 0 Å². The molecular formula is C24H22O4. The summed E-state index contributed by atoms with van der Waals surface area (Å²) in [5.74, 6) is 1.44. The summed E-state index contributed by atoms with van der Waals surface area (Å²) in [5.41, 5.74) is 2.20. The van der Waals surface area contributed by atoms with E-state index in [1.165, 1.54) is 0 Å². The van der Waals surface area contributed by atoms with Crippen molar-refractivity contribution in [3.63, 3.8) is 0 Å². The fourth-order valence-corrected chi connectivity index (χ4v) is 2.76. The summed E-state index contributed by atoms with van der Waals surface area (Å²) < 4.78 is 16.8. The number of epoxide rings is 1. The van der Waals surface area contributed by atoms with E-state index < -0.39 is 0 Å². The van der Waals surface area contributed by atoms with E-state index in [1.54, 1.807) is 24.3 Å². The number of benzene rings is 3. The molecule has 1 aliphatic heterocycles. The van der Waals surface area contributed by atoms with Gasteiger partial charge in [-0.1, -0.05) is 30.3 Å². The van der Waals surface area contributed by atoms with E-state index in [2.05, 4.69) is 0 Å². The molecular weight excluding hydrogens is 352 g/mol. The van der Waals surface area contributed by atoms with E-state index in [0.717, 1.165) is 23.7 Å². The summed E-state index contributed by atoms with van der Waals surface area (Å²) in [6.07, 6.45) is 0. The molecule has 0 aromatic heterocycles. The molecule has 4 rings (SSSR count). The highest BCUT2D eigenvalue weighted by molar-refractivity contribution is 6.09. The van der Waals surface area contributed by atoms with Crippen LogP contribution in [0.15, 0.2) is 78.9 Å². The van der Waals surface area contributed by atoms with E-state index in [1.807, 2.05) is 61.5 Å². The van der Waals surface area contributed by atoms with Gasteiger partial charge in [0.2, 0.25) is 0 Å². The van der Waals surface area contributed by atoms with Crippen molar-refractivity contribution in [2.75, 3.05) is 13.2 Å². The predicted octanol–water partition coefficient (Wildman–Crippen LogP) is 4.66. The number of carbonyl (C=O) groups excluding carboxylic acids is 1. The molecule has 0 saturated carbocycles. The molecule has 1 fully saturated rings. The van der Waals surface area contributed by atoms with Gasteiger partial charge in [0.05, 0.1) is 6.61 Å². The number of carbonyl (C=O) groups is 1. The second-order valence-corrected chi connectivity index (χ2v) is 7.18. The van der Waals surface area contributed by atoms with Crippen LogP contribution in [-0.4, -0.2) is 24.6 Å². The van der Waals surface area contributed by atoms with Crippen LogP contribution in [0.25, 0.3) is 0 Å². The molecule has 1 atom stereocenters. The van der Waals surface area contributed by atoms with Gasteiger partial charge in [-0.15, -0.1) is 0 Å². The Morgan fingerprint density at radius 3 is 1.93 bits per heavy atom. The fourth-order valence-electron chi connectivity index (χ4n) is 2.76. The van der Waals surface area contributed by atoms with E-state index in [9.17, 15) is 4.79 Å². The molecule has 28 heavy (non-hydrogen) atoms. The van der Waals surface area contributed by atoms with E-state index in [4.69, 9.17) is 14.2 Å². The zero-order chi connectivity index (χ0) is 19.4. The maximum Gasteiger partial charge on any atom is 0.193 e. The predicted molar refractivity (Wildman–Crippen MR) is 107 cm³/mol. The summed E-state index contributed by atoms with van der Waals surface area (Å²) in [6, 6.07) is 24.4.